The number of amides is 1. The Morgan fingerprint density at radius 2 is 1.92 bits per heavy atom. The third-order valence-corrected chi connectivity index (χ3v) is 4.03. The molecule has 1 amide bonds. The lowest BCUT2D eigenvalue weighted by molar-refractivity contribution is -0.115. The van der Waals surface area contributed by atoms with Crippen molar-refractivity contribution in [3.05, 3.63) is 66.1 Å². The summed E-state index contributed by atoms with van der Waals surface area (Å²) in [5, 5.41) is 6.77. The molecular weight excluding hydrogens is 318 g/mol. The number of nitrogens with one attached hydrogen (secondary N) is 1. The first-order chi connectivity index (χ1) is 12.3. The van der Waals surface area contributed by atoms with Gasteiger partial charge in [0.25, 0.3) is 5.91 Å². The Hall–Kier alpha value is -3.15. The lowest BCUT2D eigenvalue weighted by atomic mass is 10.1. The van der Waals surface area contributed by atoms with Crippen LogP contribution in [0.2, 0.25) is 0 Å². The molecule has 1 aliphatic heterocycles. The quantitative estimate of drug-likeness (QED) is 0.778. The van der Waals surface area contributed by atoms with Gasteiger partial charge >= 0.3 is 0 Å². The van der Waals surface area contributed by atoms with Crippen LogP contribution in [0, 0.1) is 0 Å². The van der Waals surface area contributed by atoms with E-state index in [2.05, 4.69) is 15.5 Å². The van der Waals surface area contributed by atoms with E-state index < -0.39 is 0 Å². The highest BCUT2D eigenvalue weighted by Crippen LogP contribution is 2.20. The van der Waals surface area contributed by atoms with Crippen LogP contribution in [0.1, 0.15) is 17.9 Å². The Balaban J connectivity index is 1.32. The zero-order valence-electron chi connectivity index (χ0n) is 13.5. The van der Waals surface area contributed by atoms with Crippen molar-refractivity contribution in [3.63, 3.8) is 0 Å². The summed E-state index contributed by atoms with van der Waals surface area (Å²) in [6.07, 6.45) is 0.693. The van der Waals surface area contributed by atoms with Gasteiger partial charge < -0.3 is 14.6 Å². The molecule has 1 aromatic heterocycles. The molecule has 3 aromatic rings. The van der Waals surface area contributed by atoms with Gasteiger partial charge in [-0.1, -0.05) is 47.6 Å². The number of hydrogen-bond acceptors (Lipinski definition) is 5. The molecule has 126 valence electrons. The van der Waals surface area contributed by atoms with Crippen molar-refractivity contribution >= 4 is 22.7 Å². The number of para-hydroxylation sites is 2. The molecule has 0 aliphatic carbocycles. The summed E-state index contributed by atoms with van der Waals surface area (Å²) in [6, 6.07) is 17.3. The Morgan fingerprint density at radius 3 is 2.76 bits per heavy atom. The number of oxazole rings is 1. The summed E-state index contributed by atoms with van der Waals surface area (Å²) in [5.41, 5.74) is 3.00. The minimum Gasteiger partial charge on any atom is -0.441 e. The molecule has 1 unspecified atom stereocenters. The molecule has 0 radical (unpaired) electrons. The zero-order valence-corrected chi connectivity index (χ0v) is 13.5. The molecule has 6 heteroatoms. The number of fused-ring (bicyclic) bond motifs is 1. The fraction of sp³-hybridized carbons (Fsp3) is 0.211. The van der Waals surface area contributed by atoms with Crippen LogP contribution >= 0.6 is 0 Å². The van der Waals surface area contributed by atoms with Crippen LogP contribution in [-0.2, 0) is 22.6 Å². The highest BCUT2D eigenvalue weighted by atomic mass is 16.6. The van der Waals surface area contributed by atoms with Gasteiger partial charge in [-0.25, -0.2) is 4.98 Å². The predicted octanol–water partition coefficient (Wildman–Crippen LogP) is 2.83. The van der Waals surface area contributed by atoms with Crippen LogP contribution in [0.5, 0.6) is 0 Å². The van der Waals surface area contributed by atoms with E-state index in [4.69, 9.17) is 9.25 Å². The maximum Gasteiger partial charge on any atom is 0.269 e. The van der Waals surface area contributed by atoms with E-state index in [-0.39, 0.29) is 12.0 Å². The topological polar surface area (TPSA) is 76.7 Å². The van der Waals surface area contributed by atoms with Gasteiger partial charge in [0.1, 0.15) is 17.3 Å². The van der Waals surface area contributed by atoms with Gasteiger partial charge in [-0.15, -0.1) is 0 Å². The first-order valence-corrected chi connectivity index (χ1v) is 8.17. The van der Waals surface area contributed by atoms with Crippen molar-refractivity contribution in [1.82, 2.24) is 10.3 Å². The molecule has 4 rings (SSSR count). The van der Waals surface area contributed by atoms with Crippen molar-refractivity contribution < 1.29 is 14.0 Å². The molecule has 0 spiro atoms. The summed E-state index contributed by atoms with van der Waals surface area (Å²) in [5.74, 6) is 0.385. The number of hydrogen-bond donors (Lipinski definition) is 1. The first-order valence-electron chi connectivity index (χ1n) is 8.17. The number of nitrogens with zero attached hydrogens (tertiary/aromatic N) is 2. The van der Waals surface area contributed by atoms with Crippen LogP contribution in [0.15, 0.2) is 64.2 Å². The largest absolute Gasteiger partial charge is 0.441 e. The standard InChI is InChI=1S/C19H17N3O3/c23-19(20-12-13-6-2-1-3-7-13)16-10-14(25-22-16)11-18-21-15-8-4-5-9-17(15)24-18/h1-9,14H,10-12H2,(H,20,23). The lowest BCUT2D eigenvalue weighted by Gasteiger charge is -2.05. The van der Waals surface area contributed by atoms with Gasteiger partial charge in [-0.2, -0.15) is 0 Å². The smallest absolute Gasteiger partial charge is 0.269 e. The molecular formula is C19H17N3O3. The minimum absolute atomic E-state index is 0.205. The fourth-order valence-corrected chi connectivity index (χ4v) is 2.75. The van der Waals surface area contributed by atoms with Crippen molar-refractivity contribution in [2.45, 2.75) is 25.5 Å². The van der Waals surface area contributed by atoms with Crippen molar-refractivity contribution in [2.75, 3.05) is 0 Å². The average molecular weight is 335 g/mol. The Labute approximate surface area is 144 Å². The van der Waals surface area contributed by atoms with E-state index in [9.17, 15) is 4.79 Å². The molecule has 1 N–H and O–H groups in total. The second kappa shape index (κ2) is 6.76. The number of rotatable bonds is 5. The fourth-order valence-electron chi connectivity index (χ4n) is 2.75. The third-order valence-electron chi connectivity index (χ3n) is 4.03. The second-order valence-corrected chi connectivity index (χ2v) is 5.92. The van der Waals surface area contributed by atoms with Gasteiger partial charge in [0.2, 0.25) is 0 Å². The molecule has 2 heterocycles. The average Bonchev–Trinajstić information content (AvgIpc) is 3.27. The normalized spacial score (nSPS) is 16.5. The monoisotopic (exact) mass is 335 g/mol. The molecule has 1 atom stereocenters. The van der Waals surface area contributed by atoms with Crippen LogP contribution in [0.3, 0.4) is 0 Å². The summed E-state index contributed by atoms with van der Waals surface area (Å²) < 4.78 is 5.69. The van der Waals surface area contributed by atoms with Crippen LogP contribution in [0.25, 0.3) is 11.1 Å². The number of oxime groups is 1. The predicted molar refractivity (Wildman–Crippen MR) is 92.9 cm³/mol. The second-order valence-electron chi connectivity index (χ2n) is 5.92. The van der Waals surface area contributed by atoms with E-state index in [1.807, 2.05) is 54.6 Å². The maximum absolute atomic E-state index is 12.2. The van der Waals surface area contributed by atoms with Crippen LogP contribution in [-0.4, -0.2) is 22.7 Å². The van der Waals surface area contributed by atoms with Gasteiger partial charge in [0, 0.05) is 13.0 Å². The molecule has 0 saturated heterocycles. The van der Waals surface area contributed by atoms with E-state index in [0.29, 0.717) is 31.0 Å². The first kappa shape index (κ1) is 15.4. The summed E-state index contributed by atoms with van der Waals surface area (Å²) in [7, 11) is 0. The Bertz CT molecular complexity index is 885. The van der Waals surface area contributed by atoms with Crippen molar-refractivity contribution in [1.29, 1.82) is 0 Å². The Morgan fingerprint density at radius 1 is 1.12 bits per heavy atom. The molecule has 0 saturated carbocycles. The molecule has 1 aliphatic rings. The van der Waals surface area contributed by atoms with E-state index in [1.165, 1.54) is 0 Å². The van der Waals surface area contributed by atoms with Gasteiger partial charge in [-0.3, -0.25) is 4.79 Å². The van der Waals surface area contributed by atoms with E-state index in [1.54, 1.807) is 0 Å². The summed E-state index contributed by atoms with van der Waals surface area (Å²) in [4.78, 5) is 22.0. The SMILES string of the molecule is O=C(NCc1ccccc1)C1=NOC(Cc2nc3ccccc3o2)C1. The van der Waals surface area contributed by atoms with Crippen LogP contribution in [0.4, 0.5) is 0 Å². The third kappa shape index (κ3) is 3.52. The number of benzene rings is 2. The van der Waals surface area contributed by atoms with E-state index >= 15 is 0 Å². The highest BCUT2D eigenvalue weighted by Gasteiger charge is 2.27. The molecule has 2 aromatic carbocycles. The van der Waals surface area contributed by atoms with Gasteiger partial charge in [0.15, 0.2) is 11.5 Å². The number of aromatic nitrogens is 1. The molecule has 25 heavy (non-hydrogen) atoms. The van der Waals surface area contributed by atoms with E-state index in [0.717, 1.165) is 16.7 Å². The lowest BCUT2D eigenvalue weighted by Crippen LogP contribution is -2.30. The Kier molecular flexibility index (Phi) is 4.16. The summed E-state index contributed by atoms with van der Waals surface area (Å²) in [6.45, 7) is 0.467. The summed E-state index contributed by atoms with van der Waals surface area (Å²) >= 11 is 0. The minimum atomic E-state index is -0.231. The van der Waals surface area contributed by atoms with Gasteiger partial charge in [0.05, 0.1) is 6.42 Å². The molecule has 6 nitrogen and oxygen atoms in total. The molecule has 0 fully saturated rings. The highest BCUT2D eigenvalue weighted by molar-refractivity contribution is 6.39. The van der Waals surface area contributed by atoms with Crippen molar-refractivity contribution in [2.24, 2.45) is 5.16 Å². The van der Waals surface area contributed by atoms with Crippen LogP contribution < -0.4 is 5.32 Å². The molecule has 0 bridgehead atoms. The zero-order chi connectivity index (χ0) is 17.1. The van der Waals surface area contributed by atoms with Gasteiger partial charge in [-0.05, 0) is 17.7 Å². The maximum atomic E-state index is 12.2. The van der Waals surface area contributed by atoms with Crippen molar-refractivity contribution in [3.8, 4) is 0 Å². The number of carbonyl (C=O) groups excluding carboxylic acids is 1. The number of carbonyl (C=O) groups is 1.